The smallest absolute Gasteiger partial charge is 0.241 e. The van der Waals surface area contributed by atoms with Gasteiger partial charge < -0.3 is 15.1 Å². The fraction of sp³-hybridized carbons (Fsp3) is 0.571. The number of carbonyl (C=O) groups excluding carboxylic acids is 2. The van der Waals surface area contributed by atoms with Crippen LogP contribution in [-0.4, -0.2) is 78.4 Å². The summed E-state index contributed by atoms with van der Waals surface area (Å²) in [4.78, 5) is 31.0. The van der Waals surface area contributed by atoms with Crippen molar-refractivity contribution in [3.63, 3.8) is 0 Å². The van der Waals surface area contributed by atoms with Gasteiger partial charge in [0.25, 0.3) is 0 Å². The molecule has 150 valence electrons. The normalized spacial score (nSPS) is 20.5. The summed E-state index contributed by atoms with van der Waals surface area (Å²) in [5, 5.41) is 11.9. The van der Waals surface area contributed by atoms with Crippen molar-refractivity contribution in [2.75, 3.05) is 51.1 Å². The maximum absolute atomic E-state index is 12.6. The van der Waals surface area contributed by atoms with Crippen LogP contribution in [0.3, 0.4) is 0 Å². The van der Waals surface area contributed by atoms with Gasteiger partial charge >= 0.3 is 0 Å². The van der Waals surface area contributed by atoms with E-state index in [-0.39, 0.29) is 18.4 Å². The van der Waals surface area contributed by atoms with E-state index in [0.717, 1.165) is 38.2 Å². The van der Waals surface area contributed by atoms with Gasteiger partial charge in [-0.2, -0.15) is 5.26 Å². The van der Waals surface area contributed by atoms with Gasteiger partial charge in [0.1, 0.15) is 0 Å². The molecule has 2 saturated heterocycles. The minimum Gasteiger partial charge on any atom is -0.376 e. The average molecular weight is 383 g/mol. The molecule has 0 bridgehead atoms. The molecule has 7 heteroatoms. The molecule has 7 nitrogen and oxygen atoms in total. The van der Waals surface area contributed by atoms with Gasteiger partial charge in [-0.15, -0.1) is 0 Å². The number of amides is 2. The lowest BCUT2D eigenvalue weighted by molar-refractivity contribution is -0.136. The molecule has 1 N–H and O–H groups in total. The van der Waals surface area contributed by atoms with Crippen LogP contribution in [0.15, 0.2) is 24.3 Å². The van der Waals surface area contributed by atoms with Crippen LogP contribution in [0.1, 0.15) is 31.7 Å². The minimum absolute atomic E-state index is 0.0555. The first-order chi connectivity index (χ1) is 13.6. The lowest BCUT2D eigenvalue weighted by Gasteiger charge is -2.38. The molecule has 0 aromatic heterocycles. The Morgan fingerprint density at radius 3 is 2.43 bits per heavy atom. The summed E-state index contributed by atoms with van der Waals surface area (Å²) in [5.41, 5.74) is 1.42. The second-order valence-corrected chi connectivity index (χ2v) is 7.63. The molecule has 2 heterocycles. The Morgan fingerprint density at radius 1 is 1.07 bits per heavy atom. The molecule has 2 amide bonds. The zero-order chi connectivity index (χ0) is 19.9. The predicted molar refractivity (Wildman–Crippen MR) is 108 cm³/mol. The molecule has 0 spiro atoms. The zero-order valence-corrected chi connectivity index (χ0v) is 16.6. The molecule has 1 aromatic carbocycles. The Kier molecular flexibility index (Phi) is 6.88. The lowest BCUT2D eigenvalue weighted by atomic mass is 10.0. The lowest BCUT2D eigenvalue weighted by Crippen LogP contribution is -2.53. The second kappa shape index (κ2) is 9.56. The second-order valence-electron chi connectivity index (χ2n) is 7.63. The number of hydrogen-bond acceptors (Lipinski definition) is 5. The highest BCUT2D eigenvalue weighted by Gasteiger charge is 2.27. The van der Waals surface area contributed by atoms with E-state index in [4.69, 9.17) is 5.26 Å². The van der Waals surface area contributed by atoms with Gasteiger partial charge in [0.05, 0.1) is 24.7 Å². The number of likely N-dealkylation sites (tertiary alicyclic amines) is 1. The van der Waals surface area contributed by atoms with Crippen molar-refractivity contribution < 1.29 is 9.59 Å². The van der Waals surface area contributed by atoms with E-state index in [9.17, 15) is 9.59 Å². The van der Waals surface area contributed by atoms with Crippen molar-refractivity contribution in [2.24, 2.45) is 0 Å². The minimum atomic E-state index is 0.0555. The van der Waals surface area contributed by atoms with Gasteiger partial charge in [0.2, 0.25) is 11.8 Å². The van der Waals surface area contributed by atoms with Crippen molar-refractivity contribution in [1.29, 1.82) is 5.26 Å². The van der Waals surface area contributed by atoms with E-state index in [1.54, 1.807) is 24.3 Å². The monoisotopic (exact) mass is 383 g/mol. The summed E-state index contributed by atoms with van der Waals surface area (Å²) < 4.78 is 0. The maximum atomic E-state index is 12.6. The van der Waals surface area contributed by atoms with Crippen molar-refractivity contribution in [3.8, 4) is 6.07 Å². The molecule has 2 fully saturated rings. The van der Waals surface area contributed by atoms with Crippen LogP contribution in [0, 0.1) is 11.3 Å². The number of rotatable bonds is 5. The van der Waals surface area contributed by atoms with Crippen LogP contribution in [0.2, 0.25) is 0 Å². The number of nitriles is 1. The number of benzene rings is 1. The number of anilines is 1. The molecule has 0 saturated carbocycles. The Balaban J connectivity index is 1.39. The van der Waals surface area contributed by atoms with Gasteiger partial charge in [-0.05, 0) is 50.5 Å². The van der Waals surface area contributed by atoms with Crippen molar-refractivity contribution in [1.82, 2.24) is 14.7 Å². The standard InChI is InChI=1S/C21H29N5O2/c1-17-4-2-3-9-26(17)21(28)16-24-10-12-25(13-11-24)20(27)15-23-19-7-5-18(14-22)6-8-19/h5-8,17,23H,2-4,9-13,15-16H2,1H3. The highest BCUT2D eigenvalue weighted by molar-refractivity contribution is 5.81. The van der Waals surface area contributed by atoms with Crippen LogP contribution in [-0.2, 0) is 9.59 Å². The highest BCUT2D eigenvalue weighted by Crippen LogP contribution is 2.17. The molecule has 1 unspecified atom stereocenters. The van der Waals surface area contributed by atoms with Crippen LogP contribution < -0.4 is 5.32 Å². The molecule has 0 aliphatic carbocycles. The number of piperidine rings is 1. The Morgan fingerprint density at radius 2 is 1.79 bits per heavy atom. The van der Waals surface area contributed by atoms with E-state index in [2.05, 4.69) is 23.2 Å². The Labute approximate surface area is 166 Å². The van der Waals surface area contributed by atoms with Crippen LogP contribution in [0.5, 0.6) is 0 Å². The number of carbonyl (C=O) groups is 2. The molecular weight excluding hydrogens is 354 g/mol. The molecular formula is C21H29N5O2. The number of piperazine rings is 1. The summed E-state index contributed by atoms with van der Waals surface area (Å²) in [6.45, 7) is 6.46. The van der Waals surface area contributed by atoms with Crippen LogP contribution >= 0.6 is 0 Å². The molecule has 28 heavy (non-hydrogen) atoms. The van der Waals surface area contributed by atoms with Crippen LogP contribution in [0.25, 0.3) is 0 Å². The van der Waals surface area contributed by atoms with Crippen molar-refractivity contribution >= 4 is 17.5 Å². The van der Waals surface area contributed by atoms with E-state index in [1.165, 1.54) is 6.42 Å². The summed E-state index contributed by atoms with van der Waals surface area (Å²) in [5.74, 6) is 0.273. The summed E-state index contributed by atoms with van der Waals surface area (Å²) in [7, 11) is 0. The molecule has 2 aliphatic rings. The molecule has 2 aliphatic heterocycles. The SMILES string of the molecule is CC1CCCCN1C(=O)CN1CCN(C(=O)CNc2ccc(C#N)cc2)CC1. The van der Waals surface area contributed by atoms with Gasteiger partial charge in [-0.3, -0.25) is 14.5 Å². The largest absolute Gasteiger partial charge is 0.376 e. The van der Waals surface area contributed by atoms with Crippen LogP contribution in [0.4, 0.5) is 5.69 Å². The third-order valence-corrected chi connectivity index (χ3v) is 5.66. The van der Waals surface area contributed by atoms with Gasteiger partial charge in [0, 0.05) is 44.5 Å². The maximum Gasteiger partial charge on any atom is 0.241 e. The number of hydrogen-bond donors (Lipinski definition) is 1. The molecule has 1 aromatic rings. The number of nitrogens with one attached hydrogen (secondary N) is 1. The molecule has 1 atom stereocenters. The first-order valence-corrected chi connectivity index (χ1v) is 10.1. The van der Waals surface area contributed by atoms with Crippen molar-refractivity contribution in [2.45, 2.75) is 32.2 Å². The van der Waals surface area contributed by atoms with E-state index >= 15 is 0 Å². The fourth-order valence-corrected chi connectivity index (χ4v) is 3.86. The summed E-state index contributed by atoms with van der Waals surface area (Å²) in [6.07, 6.45) is 3.41. The number of nitrogens with zero attached hydrogens (tertiary/aromatic N) is 4. The van der Waals surface area contributed by atoms with E-state index in [1.807, 2.05) is 9.80 Å². The van der Waals surface area contributed by atoms with Gasteiger partial charge in [-0.1, -0.05) is 0 Å². The summed E-state index contributed by atoms with van der Waals surface area (Å²) in [6, 6.07) is 9.48. The van der Waals surface area contributed by atoms with E-state index < -0.39 is 0 Å². The molecule has 3 rings (SSSR count). The average Bonchev–Trinajstić information content (AvgIpc) is 2.73. The predicted octanol–water partition coefficient (Wildman–Crippen LogP) is 1.52. The third kappa shape index (κ3) is 5.23. The zero-order valence-electron chi connectivity index (χ0n) is 16.6. The van der Waals surface area contributed by atoms with Crippen molar-refractivity contribution in [3.05, 3.63) is 29.8 Å². The first kappa shape index (κ1) is 20.2. The quantitative estimate of drug-likeness (QED) is 0.834. The molecule has 0 radical (unpaired) electrons. The van der Waals surface area contributed by atoms with Gasteiger partial charge in [0.15, 0.2) is 0 Å². The highest BCUT2D eigenvalue weighted by atomic mass is 16.2. The topological polar surface area (TPSA) is 79.7 Å². The Bertz CT molecular complexity index is 719. The fourth-order valence-electron chi connectivity index (χ4n) is 3.86. The third-order valence-electron chi connectivity index (χ3n) is 5.66. The van der Waals surface area contributed by atoms with Gasteiger partial charge in [-0.25, -0.2) is 0 Å². The Hall–Kier alpha value is -2.59. The summed E-state index contributed by atoms with van der Waals surface area (Å²) >= 11 is 0. The first-order valence-electron chi connectivity index (χ1n) is 10.1. The van der Waals surface area contributed by atoms with E-state index in [0.29, 0.717) is 31.2 Å².